The van der Waals surface area contributed by atoms with Gasteiger partial charge in [-0.05, 0) is 36.2 Å². The van der Waals surface area contributed by atoms with E-state index in [-0.39, 0.29) is 6.03 Å². The minimum absolute atomic E-state index is 0.134. The molecule has 0 aromatic heterocycles. The van der Waals surface area contributed by atoms with E-state index in [4.69, 9.17) is 0 Å². The number of urea groups is 1. The Bertz CT molecular complexity index is 566. The molecule has 0 spiro atoms. The predicted octanol–water partition coefficient (Wildman–Crippen LogP) is 4.31. The molecule has 2 aromatic rings. The number of benzene rings is 2. The molecule has 0 saturated heterocycles. The molecule has 0 atom stereocenters. The third kappa shape index (κ3) is 3.60. The average molecular weight is 268 g/mol. The Hall–Kier alpha value is -2.29. The van der Waals surface area contributed by atoms with E-state index < -0.39 is 0 Å². The highest BCUT2D eigenvalue weighted by Crippen LogP contribution is 2.17. The van der Waals surface area contributed by atoms with Crippen LogP contribution in [-0.2, 0) is 6.42 Å². The van der Waals surface area contributed by atoms with E-state index in [0.717, 1.165) is 24.2 Å². The van der Waals surface area contributed by atoms with Crippen LogP contribution in [0.1, 0.15) is 18.9 Å². The standard InChI is InChI=1S/C17H20N2O/c1-3-8-14-9-7-12-16(13-14)19(2)17(20)18-15-10-5-4-6-11-15/h4-7,9-13H,3,8H2,1-2H3,(H,18,20). The second-order valence-corrected chi connectivity index (χ2v) is 4.78. The van der Waals surface area contributed by atoms with Crippen LogP contribution in [0.2, 0.25) is 0 Å². The fraction of sp³-hybridized carbons (Fsp3) is 0.235. The van der Waals surface area contributed by atoms with E-state index in [9.17, 15) is 4.79 Å². The molecule has 3 heteroatoms. The SMILES string of the molecule is CCCc1cccc(N(C)C(=O)Nc2ccccc2)c1. The molecule has 0 heterocycles. The summed E-state index contributed by atoms with van der Waals surface area (Å²) < 4.78 is 0. The van der Waals surface area contributed by atoms with Crippen molar-refractivity contribution in [1.29, 1.82) is 0 Å². The van der Waals surface area contributed by atoms with Crippen LogP contribution in [0.25, 0.3) is 0 Å². The molecule has 0 aliphatic rings. The molecule has 2 rings (SSSR count). The lowest BCUT2D eigenvalue weighted by molar-refractivity contribution is 0.258. The monoisotopic (exact) mass is 268 g/mol. The van der Waals surface area contributed by atoms with Gasteiger partial charge in [-0.3, -0.25) is 4.90 Å². The Morgan fingerprint density at radius 2 is 1.85 bits per heavy atom. The predicted molar refractivity (Wildman–Crippen MR) is 84.3 cm³/mol. The van der Waals surface area contributed by atoms with Crippen molar-refractivity contribution in [2.75, 3.05) is 17.3 Å². The van der Waals surface area contributed by atoms with Crippen molar-refractivity contribution in [3.8, 4) is 0 Å². The van der Waals surface area contributed by atoms with E-state index in [1.165, 1.54) is 5.56 Å². The van der Waals surface area contributed by atoms with Crippen molar-refractivity contribution in [3.63, 3.8) is 0 Å². The van der Waals surface area contributed by atoms with Crippen molar-refractivity contribution in [2.24, 2.45) is 0 Å². The molecule has 2 aromatic carbocycles. The summed E-state index contributed by atoms with van der Waals surface area (Å²) in [7, 11) is 1.78. The number of amides is 2. The maximum absolute atomic E-state index is 12.2. The molecule has 0 aliphatic heterocycles. The van der Waals surface area contributed by atoms with Crippen LogP contribution in [0.15, 0.2) is 54.6 Å². The summed E-state index contributed by atoms with van der Waals surface area (Å²) >= 11 is 0. The van der Waals surface area contributed by atoms with E-state index in [2.05, 4.69) is 24.4 Å². The molecular formula is C17H20N2O. The number of carbonyl (C=O) groups is 1. The minimum Gasteiger partial charge on any atom is -0.308 e. The highest BCUT2D eigenvalue weighted by atomic mass is 16.2. The summed E-state index contributed by atoms with van der Waals surface area (Å²) in [5, 5.41) is 2.88. The van der Waals surface area contributed by atoms with Crippen LogP contribution in [0.4, 0.5) is 16.2 Å². The molecule has 2 amide bonds. The van der Waals surface area contributed by atoms with Crippen molar-refractivity contribution in [1.82, 2.24) is 0 Å². The zero-order chi connectivity index (χ0) is 14.4. The molecule has 1 N–H and O–H groups in total. The van der Waals surface area contributed by atoms with Crippen LogP contribution in [0, 0.1) is 0 Å². The molecule has 0 fully saturated rings. The van der Waals surface area contributed by atoms with Gasteiger partial charge in [0.25, 0.3) is 0 Å². The number of para-hydroxylation sites is 1. The summed E-state index contributed by atoms with van der Waals surface area (Å²) in [4.78, 5) is 13.8. The molecule has 0 bridgehead atoms. The van der Waals surface area contributed by atoms with Gasteiger partial charge in [-0.25, -0.2) is 4.79 Å². The van der Waals surface area contributed by atoms with Gasteiger partial charge in [-0.1, -0.05) is 43.7 Å². The van der Waals surface area contributed by atoms with Crippen LogP contribution in [0.5, 0.6) is 0 Å². The van der Waals surface area contributed by atoms with E-state index >= 15 is 0 Å². The fourth-order valence-electron chi connectivity index (χ4n) is 2.06. The Morgan fingerprint density at radius 1 is 1.10 bits per heavy atom. The van der Waals surface area contributed by atoms with Gasteiger partial charge >= 0.3 is 6.03 Å². The Kier molecular flexibility index (Phi) is 4.77. The van der Waals surface area contributed by atoms with Crippen LogP contribution >= 0.6 is 0 Å². The summed E-state index contributed by atoms with van der Waals surface area (Å²) in [6.45, 7) is 2.15. The van der Waals surface area contributed by atoms with Crippen molar-refractivity contribution in [3.05, 3.63) is 60.2 Å². The van der Waals surface area contributed by atoms with Gasteiger partial charge in [0.05, 0.1) is 0 Å². The number of hydrogen-bond acceptors (Lipinski definition) is 1. The lowest BCUT2D eigenvalue weighted by Crippen LogP contribution is -2.31. The molecule has 0 radical (unpaired) electrons. The summed E-state index contributed by atoms with van der Waals surface area (Å²) in [5.41, 5.74) is 2.96. The number of rotatable bonds is 4. The van der Waals surface area contributed by atoms with Gasteiger partial charge in [-0.15, -0.1) is 0 Å². The highest BCUT2D eigenvalue weighted by molar-refractivity contribution is 6.01. The molecule has 0 aliphatic carbocycles. The summed E-state index contributed by atoms with van der Waals surface area (Å²) in [6.07, 6.45) is 2.13. The molecule has 3 nitrogen and oxygen atoms in total. The van der Waals surface area contributed by atoms with Crippen LogP contribution in [-0.4, -0.2) is 13.1 Å². The molecule has 0 unspecified atom stereocenters. The first kappa shape index (κ1) is 14.1. The summed E-state index contributed by atoms with van der Waals surface area (Å²) in [6, 6.07) is 17.4. The first-order valence-corrected chi connectivity index (χ1v) is 6.89. The summed E-state index contributed by atoms with van der Waals surface area (Å²) in [5.74, 6) is 0. The highest BCUT2D eigenvalue weighted by Gasteiger charge is 2.11. The number of nitrogens with zero attached hydrogens (tertiary/aromatic N) is 1. The van der Waals surface area contributed by atoms with Gasteiger partial charge < -0.3 is 5.32 Å². The first-order chi connectivity index (χ1) is 9.70. The number of hydrogen-bond donors (Lipinski definition) is 1. The maximum atomic E-state index is 12.2. The zero-order valence-electron chi connectivity index (χ0n) is 12.0. The number of anilines is 2. The quantitative estimate of drug-likeness (QED) is 0.880. The lowest BCUT2D eigenvalue weighted by atomic mass is 10.1. The van der Waals surface area contributed by atoms with Crippen molar-refractivity contribution >= 4 is 17.4 Å². The fourth-order valence-corrected chi connectivity index (χ4v) is 2.06. The van der Waals surface area contributed by atoms with Gasteiger partial charge in [0.2, 0.25) is 0 Å². The Labute approximate surface area is 120 Å². The van der Waals surface area contributed by atoms with Crippen LogP contribution < -0.4 is 10.2 Å². The van der Waals surface area contributed by atoms with Crippen molar-refractivity contribution in [2.45, 2.75) is 19.8 Å². The topological polar surface area (TPSA) is 32.3 Å². The Balaban J connectivity index is 2.08. The normalized spacial score (nSPS) is 10.1. The third-order valence-electron chi connectivity index (χ3n) is 3.17. The minimum atomic E-state index is -0.134. The molecule has 104 valence electrons. The number of carbonyl (C=O) groups excluding carboxylic acids is 1. The smallest absolute Gasteiger partial charge is 0.308 e. The average Bonchev–Trinajstić information content (AvgIpc) is 2.48. The molecule has 0 saturated carbocycles. The van der Waals surface area contributed by atoms with E-state index in [1.54, 1.807) is 11.9 Å². The van der Waals surface area contributed by atoms with Gasteiger partial charge in [0.1, 0.15) is 0 Å². The van der Waals surface area contributed by atoms with Crippen molar-refractivity contribution < 1.29 is 4.79 Å². The molecular weight excluding hydrogens is 248 g/mol. The van der Waals surface area contributed by atoms with Gasteiger partial charge in [0.15, 0.2) is 0 Å². The molecule has 20 heavy (non-hydrogen) atoms. The Morgan fingerprint density at radius 3 is 2.55 bits per heavy atom. The lowest BCUT2D eigenvalue weighted by Gasteiger charge is -2.19. The first-order valence-electron chi connectivity index (χ1n) is 6.89. The van der Waals surface area contributed by atoms with E-state index in [1.807, 2.05) is 42.5 Å². The second-order valence-electron chi connectivity index (χ2n) is 4.78. The zero-order valence-corrected chi connectivity index (χ0v) is 12.0. The number of nitrogens with one attached hydrogen (secondary N) is 1. The number of aryl methyl sites for hydroxylation is 1. The van der Waals surface area contributed by atoms with Crippen LogP contribution in [0.3, 0.4) is 0 Å². The van der Waals surface area contributed by atoms with Gasteiger partial charge in [0, 0.05) is 18.4 Å². The largest absolute Gasteiger partial charge is 0.326 e. The second kappa shape index (κ2) is 6.75. The van der Waals surface area contributed by atoms with E-state index in [0.29, 0.717) is 0 Å². The third-order valence-corrected chi connectivity index (χ3v) is 3.17. The van der Waals surface area contributed by atoms with Gasteiger partial charge in [-0.2, -0.15) is 0 Å². The maximum Gasteiger partial charge on any atom is 0.326 e.